The zero-order valence-electron chi connectivity index (χ0n) is 14.6. The Hall–Kier alpha value is -3.03. The van der Waals surface area contributed by atoms with Gasteiger partial charge < -0.3 is 0 Å². The third-order valence-corrected chi connectivity index (χ3v) is 3.65. The van der Waals surface area contributed by atoms with Gasteiger partial charge in [0.05, 0.1) is 11.4 Å². The van der Waals surface area contributed by atoms with Gasteiger partial charge in [0.15, 0.2) is 0 Å². The fraction of sp³-hybridized carbons (Fsp3) is 0. The van der Waals surface area contributed by atoms with Crippen molar-refractivity contribution in [2.75, 3.05) is 0 Å². The van der Waals surface area contributed by atoms with E-state index in [9.17, 15) is 0 Å². The van der Waals surface area contributed by atoms with Crippen LogP contribution in [0.1, 0.15) is 5.56 Å². The minimum atomic E-state index is 0. The second-order valence-electron chi connectivity index (χ2n) is 5.48. The fourth-order valence-corrected chi connectivity index (χ4v) is 2.36. The first-order valence-electron chi connectivity index (χ1n) is 8.32. The van der Waals surface area contributed by atoms with Crippen molar-refractivity contribution in [1.82, 2.24) is 9.97 Å². The Morgan fingerprint density at radius 3 is 2.04 bits per heavy atom. The molecule has 2 heterocycles. The number of pyridine rings is 2. The molecule has 134 valence electrons. The fourth-order valence-electron chi connectivity index (χ4n) is 2.36. The Morgan fingerprint density at radius 1 is 0.704 bits per heavy atom. The van der Waals surface area contributed by atoms with Crippen LogP contribution in [-0.2, 0) is 16.5 Å². The van der Waals surface area contributed by atoms with Gasteiger partial charge in [-0.1, -0.05) is 36.4 Å². The molecule has 4 rings (SSSR count). The summed E-state index contributed by atoms with van der Waals surface area (Å²) < 4.78 is 0. The topological polar surface area (TPSA) is 25.8 Å². The van der Waals surface area contributed by atoms with E-state index in [1.165, 1.54) is 0 Å². The van der Waals surface area contributed by atoms with Gasteiger partial charge in [0.1, 0.15) is 0 Å². The van der Waals surface area contributed by atoms with E-state index in [0.717, 1.165) is 28.2 Å². The van der Waals surface area contributed by atoms with Gasteiger partial charge in [-0.3, -0.25) is 16.5 Å². The van der Waals surface area contributed by atoms with E-state index in [1.807, 2.05) is 91.0 Å². The van der Waals surface area contributed by atoms with Crippen LogP contribution in [0.15, 0.2) is 97.2 Å². The molecule has 0 aliphatic carbocycles. The number of aromatic nitrogens is 2. The zero-order chi connectivity index (χ0) is 18.0. The molecule has 0 radical (unpaired) electrons. The summed E-state index contributed by atoms with van der Waals surface area (Å²) in [5.74, 6) is 0. The molecule has 0 unspecified atom stereocenters. The maximum atomic E-state index is 5.22. The van der Waals surface area contributed by atoms with Crippen molar-refractivity contribution in [3.8, 4) is 22.6 Å². The summed E-state index contributed by atoms with van der Waals surface area (Å²) in [4.78, 5) is 8.93. The molecule has 0 spiro atoms. The maximum absolute atomic E-state index is 5.22. The first-order chi connectivity index (χ1) is 12.9. The summed E-state index contributed by atoms with van der Waals surface area (Å²) in [5, 5.41) is 0. The van der Waals surface area contributed by atoms with Gasteiger partial charge in [-0.2, -0.15) is 5.56 Å². The SMILES string of the molecule is [CH-]=Cc1ccccc1.[Ni+2].[c-]1ccccc1-c1cccc(-c2ccccn2)n1. The minimum absolute atomic E-state index is 0. The molecule has 2 aromatic heterocycles. The summed E-state index contributed by atoms with van der Waals surface area (Å²) in [7, 11) is 0. The Morgan fingerprint density at radius 2 is 1.41 bits per heavy atom. The molecular weight excluding hydrogens is 375 g/mol. The molecule has 0 atom stereocenters. The molecule has 0 amide bonds. The molecule has 27 heavy (non-hydrogen) atoms. The number of rotatable bonds is 3. The van der Waals surface area contributed by atoms with Crippen LogP contribution in [0, 0.1) is 12.6 Å². The molecule has 2 nitrogen and oxygen atoms in total. The predicted octanol–water partition coefficient (Wildman–Crippen LogP) is 5.74. The van der Waals surface area contributed by atoms with Gasteiger partial charge in [-0.05, 0) is 23.9 Å². The van der Waals surface area contributed by atoms with E-state index in [1.54, 1.807) is 12.3 Å². The first-order valence-corrected chi connectivity index (χ1v) is 8.32. The minimum Gasteiger partial charge on any atom is -0.295 e. The van der Waals surface area contributed by atoms with Gasteiger partial charge in [-0.15, -0.1) is 48.0 Å². The summed E-state index contributed by atoms with van der Waals surface area (Å²) in [5.41, 5.74) is 4.74. The first kappa shape index (κ1) is 20.3. The number of nitrogens with zero attached hydrogens (tertiary/aromatic N) is 2. The standard InChI is InChI=1S/C16H11N2.C8H7.Ni/c1-2-7-13(8-3-1)14-10-6-11-16(18-14)15-9-4-5-12-17-15;1-2-8-6-4-3-5-7-8;/h1-7,9-12H;1-7H;/q2*-1;+2. The van der Waals surface area contributed by atoms with Crippen molar-refractivity contribution < 1.29 is 16.5 Å². The number of hydrogen-bond acceptors (Lipinski definition) is 2. The monoisotopic (exact) mass is 392 g/mol. The molecule has 0 aliphatic rings. The third kappa shape index (κ3) is 6.02. The van der Waals surface area contributed by atoms with Crippen molar-refractivity contribution in [3.63, 3.8) is 0 Å². The van der Waals surface area contributed by atoms with Gasteiger partial charge >= 0.3 is 16.5 Å². The largest absolute Gasteiger partial charge is 2.00 e. The molecule has 4 aromatic rings. The Labute approximate surface area is 170 Å². The van der Waals surface area contributed by atoms with Crippen molar-refractivity contribution in [1.29, 1.82) is 0 Å². The van der Waals surface area contributed by atoms with E-state index in [0.29, 0.717) is 0 Å². The van der Waals surface area contributed by atoms with E-state index in [2.05, 4.69) is 16.0 Å². The number of hydrogen-bond donors (Lipinski definition) is 0. The Bertz CT molecular complexity index is 885. The summed E-state index contributed by atoms with van der Waals surface area (Å²) >= 11 is 0. The molecule has 2 aromatic carbocycles. The van der Waals surface area contributed by atoms with Crippen LogP contribution in [0.5, 0.6) is 0 Å². The van der Waals surface area contributed by atoms with Gasteiger partial charge in [0.25, 0.3) is 0 Å². The normalized spacial score (nSPS) is 9.33. The smallest absolute Gasteiger partial charge is 0.295 e. The average Bonchev–Trinajstić information content (AvgIpc) is 2.76. The Kier molecular flexibility index (Phi) is 8.15. The quantitative estimate of drug-likeness (QED) is 0.328. The molecule has 0 fully saturated rings. The summed E-state index contributed by atoms with van der Waals surface area (Å²) in [6, 6.07) is 32.6. The van der Waals surface area contributed by atoms with Crippen LogP contribution in [-0.4, -0.2) is 9.97 Å². The predicted molar refractivity (Wildman–Crippen MR) is 107 cm³/mol. The van der Waals surface area contributed by atoms with E-state index >= 15 is 0 Å². The van der Waals surface area contributed by atoms with Crippen molar-refractivity contribution >= 4 is 6.08 Å². The van der Waals surface area contributed by atoms with Crippen LogP contribution in [0.2, 0.25) is 0 Å². The van der Waals surface area contributed by atoms with Crippen LogP contribution < -0.4 is 0 Å². The Balaban J connectivity index is 0.000000247. The zero-order valence-corrected chi connectivity index (χ0v) is 15.6. The molecule has 0 aliphatic heterocycles. The second kappa shape index (κ2) is 10.9. The van der Waals surface area contributed by atoms with Crippen LogP contribution in [0.25, 0.3) is 28.7 Å². The van der Waals surface area contributed by atoms with Crippen LogP contribution in [0.3, 0.4) is 0 Å². The molecular formula is C24H18N2Ni. The van der Waals surface area contributed by atoms with Gasteiger partial charge in [0, 0.05) is 6.20 Å². The molecule has 0 saturated carbocycles. The van der Waals surface area contributed by atoms with E-state index in [4.69, 9.17) is 6.58 Å². The van der Waals surface area contributed by atoms with Crippen LogP contribution >= 0.6 is 0 Å². The molecule has 0 N–H and O–H groups in total. The third-order valence-electron chi connectivity index (χ3n) is 3.65. The second-order valence-corrected chi connectivity index (χ2v) is 5.48. The average molecular weight is 393 g/mol. The molecule has 3 heteroatoms. The molecule has 0 bridgehead atoms. The molecule has 0 saturated heterocycles. The number of benzene rings is 2. The van der Waals surface area contributed by atoms with Crippen LogP contribution in [0.4, 0.5) is 0 Å². The van der Waals surface area contributed by atoms with Crippen molar-refractivity contribution in [3.05, 3.63) is 115 Å². The maximum Gasteiger partial charge on any atom is 2.00 e. The van der Waals surface area contributed by atoms with E-state index in [-0.39, 0.29) is 16.5 Å². The van der Waals surface area contributed by atoms with Crippen molar-refractivity contribution in [2.24, 2.45) is 0 Å². The van der Waals surface area contributed by atoms with Gasteiger partial charge in [-0.25, -0.2) is 6.08 Å². The van der Waals surface area contributed by atoms with Gasteiger partial charge in [0.2, 0.25) is 0 Å². The van der Waals surface area contributed by atoms with E-state index < -0.39 is 0 Å². The van der Waals surface area contributed by atoms with Crippen molar-refractivity contribution in [2.45, 2.75) is 0 Å². The summed E-state index contributed by atoms with van der Waals surface area (Å²) in [6.45, 7) is 5.22. The summed E-state index contributed by atoms with van der Waals surface area (Å²) in [6.07, 6.45) is 3.36.